The van der Waals surface area contributed by atoms with Crippen molar-refractivity contribution in [2.45, 2.75) is 43.0 Å². The summed E-state index contributed by atoms with van der Waals surface area (Å²) in [6.07, 6.45) is 5.46. The fourth-order valence-corrected chi connectivity index (χ4v) is 3.97. The maximum absolute atomic E-state index is 11.8. The first kappa shape index (κ1) is 19.7. The summed E-state index contributed by atoms with van der Waals surface area (Å²) in [5.74, 6) is -0.706. The first-order valence-corrected chi connectivity index (χ1v) is 9.80. The Labute approximate surface area is 160 Å². The summed E-state index contributed by atoms with van der Waals surface area (Å²) in [5, 5.41) is 3.81. The zero-order valence-corrected chi connectivity index (χ0v) is 16.0. The van der Waals surface area contributed by atoms with Crippen molar-refractivity contribution in [1.29, 1.82) is 0 Å². The molecule has 8 heteroatoms. The fraction of sp³-hybridized carbons (Fsp3) is 0.500. The van der Waals surface area contributed by atoms with Crippen molar-refractivity contribution in [3.8, 4) is 0 Å². The maximum atomic E-state index is 11.8. The lowest BCUT2D eigenvalue weighted by Crippen LogP contribution is -2.38. The summed E-state index contributed by atoms with van der Waals surface area (Å²) >= 11 is 19.0. The molecule has 0 saturated heterocycles. The average Bonchev–Trinajstić information content (AvgIpc) is 2.58. The molecule has 1 aromatic rings. The Balaban J connectivity index is 1.71. The van der Waals surface area contributed by atoms with Crippen LogP contribution in [0.3, 0.4) is 0 Å². The van der Waals surface area contributed by atoms with E-state index in [1.54, 1.807) is 12.1 Å². The van der Waals surface area contributed by atoms with Gasteiger partial charge in [-0.3, -0.25) is 9.59 Å². The molecular formula is C16H18Cl3NO3S. The van der Waals surface area contributed by atoms with E-state index < -0.39 is 5.97 Å². The molecule has 1 N–H and O–H groups in total. The molecule has 24 heavy (non-hydrogen) atoms. The number of benzene rings is 1. The average molecular weight is 411 g/mol. The SMILES string of the molecule is O=C(COC(=O)CSc1ccc(Cl)c(Cl)c1Cl)NC1CCCCC1. The lowest BCUT2D eigenvalue weighted by molar-refractivity contribution is -0.146. The second-order valence-corrected chi connectivity index (χ2v) is 7.71. The van der Waals surface area contributed by atoms with Gasteiger partial charge in [-0.2, -0.15) is 0 Å². The van der Waals surface area contributed by atoms with Crippen LogP contribution >= 0.6 is 46.6 Å². The molecule has 1 amide bonds. The van der Waals surface area contributed by atoms with Crippen molar-refractivity contribution in [3.63, 3.8) is 0 Å². The van der Waals surface area contributed by atoms with E-state index in [0.717, 1.165) is 25.7 Å². The van der Waals surface area contributed by atoms with Gasteiger partial charge in [-0.05, 0) is 25.0 Å². The Bertz CT molecular complexity index is 606. The zero-order valence-electron chi connectivity index (χ0n) is 12.9. The molecule has 0 spiro atoms. The topological polar surface area (TPSA) is 55.4 Å². The highest BCUT2D eigenvalue weighted by Crippen LogP contribution is 2.37. The molecule has 0 atom stereocenters. The van der Waals surface area contributed by atoms with Crippen molar-refractivity contribution in [3.05, 3.63) is 27.2 Å². The molecule has 1 aromatic carbocycles. The molecule has 0 radical (unpaired) electrons. The smallest absolute Gasteiger partial charge is 0.316 e. The quantitative estimate of drug-likeness (QED) is 0.418. The highest BCUT2D eigenvalue weighted by molar-refractivity contribution is 8.00. The molecule has 0 bridgehead atoms. The highest BCUT2D eigenvalue weighted by atomic mass is 35.5. The van der Waals surface area contributed by atoms with E-state index in [1.165, 1.54) is 18.2 Å². The summed E-state index contributed by atoms with van der Waals surface area (Å²) in [5.41, 5.74) is 0. The number of nitrogens with one attached hydrogen (secondary N) is 1. The van der Waals surface area contributed by atoms with Gasteiger partial charge < -0.3 is 10.1 Å². The molecule has 0 heterocycles. The summed E-state index contributed by atoms with van der Waals surface area (Å²) in [6.45, 7) is -0.259. The predicted octanol–water partition coefficient (Wildman–Crippen LogP) is 4.73. The largest absolute Gasteiger partial charge is 0.455 e. The summed E-state index contributed by atoms with van der Waals surface area (Å²) in [6, 6.07) is 3.50. The van der Waals surface area contributed by atoms with E-state index in [0.29, 0.717) is 14.9 Å². The minimum Gasteiger partial charge on any atom is -0.455 e. The van der Waals surface area contributed by atoms with Gasteiger partial charge in [-0.1, -0.05) is 54.1 Å². The van der Waals surface area contributed by atoms with Gasteiger partial charge in [-0.15, -0.1) is 11.8 Å². The second kappa shape index (κ2) is 9.76. The van der Waals surface area contributed by atoms with Crippen molar-refractivity contribution in [2.24, 2.45) is 0 Å². The molecule has 1 fully saturated rings. The van der Waals surface area contributed by atoms with E-state index in [-0.39, 0.29) is 29.3 Å². The van der Waals surface area contributed by atoms with Crippen molar-refractivity contribution in [2.75, 3.05) is 12.4 Å². The normalized spacial score (nSPS) is 15.1. The fourth-order valence-electron chi connectivity index (χ4n) is 2.46. The van der Waals surface area contributed by atoms with E-state index in [4.69, 9.17) is 39.5 Å². The van der Waals surface area contributed by atoms with Crippen LogP contribution in [0.25, 0.3) is 0 Å². The van der Waals surface area contributed by atoms with Crippen LogP contribution in [0.2, 0.25) is 15.1 Å². The molecule has 1 saturated carbocycles. The molecule has 1 aliphatic rings. The van der Waals surface area contributed by atoms with E-state index >= 15 is 0 Å². The Kier molecular flexibility index (Phi) is 8.01. The molecule has 2 rings (SSSR count). The third-order valence-corrected chi connectivity index (χ3v) is 6.12. The lowest BCUT2D eigenvalue weighted by atomic mass is 9.95. The first-order chi connectivity index (χ1) is 11.5. The van der Waals surface area contributed by atoms with Crippen LogP contribution in [0.5, 0.6) is 0 Å². The number of ether oxygens (including phenoxy) is 1. The Hall–Kier alpha value is -0.620. The monoisotopic (exact) mass is 409 g/mol. The Morgan fingerprint density at radius 2 is 1.83 bits per heavy atom. The molecule has 0 aliphatic heterocycles. The number of hydrogen-bond donors (Lipinski definition) is 1. The third-order valence-electron chi connectivity index (χ3n) is 3.68. The Morgan fingerprint density at radius 1 is 1.12 bits per heavy atom. The van der Waals surface area contributed by atoms with Crippen molar-refractivity contribution >= 4 is 58.4 Å². The van der Waals surface area contributed by atoms with Gasteiger partial charge in [0.15, 0.2) is 6.61 Å². The molecule has 0 aromatic heterocycles. The van der Waals surface area contributed by atoms with Gasteiger partial charge in [0.1, 0.15) is 0 Å². The van der Waals surface area contributed by atoms with Crippen LogP contribution < -0.4 is 5.32 Å². The minimum atomic E-state index is -0.485. The first-order valence-electron chi connectivity index (χ1n) is 7.68. The Morgan fingerprint density at radius 3 is 2.54 bits per heavy atom. The molecule has 1 aliphatic carbocycles. The highest BCUT2D eigenvalue weighted by Gasteiger charge is 2.17. The number of carbonyl (C=O) groups excluding carboxylic acids is 2. The summed E-state index contributed by atoms with van der Waals surface area (Å²) in [4.78, 5) is 24.2. The van der Waals surface area contributed by atoms with Crippen molar-refractivity contribution < 1.29 is 14.3 Å². The summed E-state index contributed by atoms with van der Waals surface area (Å²) < 4.78 is 4.99. The van der Waals surface area contributed by atoms with Crippen LogP contribution in [0.4, 0.5) is 0 Å². The molecule has 4 nitrogen and oxygen atoms in total. The van der Waals surface area contributed by atoms with Crippen LogP contribution in [0.1, 0.15) is 32.1 Å². The standard InChI is InChI=1S/C16H18Cl3NO3S/c17-11-6-7-12(16(19)15(11)18)24-9-14(22)23-8-13(21)20-10-4-2-1-3-5-10/h6-7,10H,1-5,8-9H2,(H,20,21). The number of thioether (sulfide) groups is 1. The van der Waals surface area contributed by atoms with Crippen LogP contribution in [0, 0.1) is 0 Å². The summed E-state index contributed by atoms with van der Waals surface area (Å²) in [7, 11) is 0. The number of halogens is 3. The number of amides is 1. The molecule has 0 unspecified atom stereocenters. The van der Waals surface area contributed by atoms with Crippen LogP contribution in [-0.4, -0.2) is 30.3 Å². The number of esters is 1. The number of rotatable bonds is 6. The van der Waals surface area contributed by atoms with Gasteiger partial charge in [0.05, 0.1) is 20.8 Å². The lowest BCUT2D eigenvalue weighted by Gasteiger charge is -2.22. The molecule has 132 valence electrons. The predicted molar refractivity (Wildman–Crippen MR) is 98.2 cm³/mol. The number of carbonyl (C=O) groups is 2. The molecular weight excluding hydrogens is 393 g/mol. The van der Waals surface area contributed by atoms with Crippen molar-refractivity contribution in [1.82, 2.24) is 5.32 Å². The van der Waals surface area contributed by atoms with Crippen LogP contribution in [0.15, 0.2) is 17.0 Å². The third kappa shape index (κ3) is 6.03. The van der Waals surface area contributed by atoms with Gasteiger partial charge >= 0.3 is 5.97 Å². The van der Waals surface area contributed by atoms with Gasteiger partial charge in [0.25, 0.3) is 5.91 Å². The number of hydrogen-bond acceptors (Lipinski definition) is 4. The zero-order chi connectivity index (χ0) is 17.5. The van der Waals surface area contributed by atoms with E-state index in [9.17, 15) is 9.59 Å². The minimum absolute atomic E-state index is 0.0361. The second-order valence-electron chi connectivity index (χ2n) is 5.53. The van der Waals surface area contributed by atoms with E-state index in [2.05, 4.69) is 5.32 Å². The van der Waals surface area contributed by atoms with Crippen LogP contribution in [-0.2, 0) is 14.3 Å². The van der Waals surface area contributed by atoms with Gasteiger partial charge in [-0.25, -0.2) is 0 Å². The maximum Gasteiger partial charge on any atom is 0.316 e. The van der Waals surface area contributed by atoms with Gasteiger partial charge in [0, 0.05) is 10.9 Å². The van der Waals surface area contributed by atoms with E-state index in [1.807, 2.05) is 0 Å². The van der Waals surface area contributed by atoms with Gasteiger partial charge in [0.2, 0.25) is 0 Å².